The monoisotopic (exact) mass is 311 g/mol. The molecule has 2 unspecified atom stereocenters. The molecule has 4 heteroatoms. The number of rotatable bonds is 3. The molecule has 0 radical (unpaired) electrons. The van der Waals surface area contributed by atoms with Gasteiger partial charge in [-0.1, -0.05) is 38.3 Å². The minimum atomic E-state index is -0.0801. The molecule has 0 bridgehead atoms. The number of carbonyl (C=O) groups is 1. The molecule has 110 valence electrons. The summed E-state index contributed by atoms with van der Waals surface area (Å²) >= 11 is 10.4. The summed E-state index contributed by atoms with van der Waals surface area (Å²) in [5.41, 5.74) is 0.521. The van der Waals surface area contributed by atoms with E-state index in [2.05, 4.69) is 31.8 Å². The lowest BCUT2D eigenvalue weighted by atomic mass is 9.78. The highest BCUT2D eigenvalue weighted by molar-refractivity contribution is 7.80. The number of thiol groups is 1. The molecule has 0 aliphatic heterocycles. The fraction of sp³-hybridized carbons (Fsp3) is 0.562. The topological polar surface area (TPSA) is 29.1 Å². The minimum Gasteiger partial charge on any atom is -0.349 e. The van der Waals surface area contributed by atoms with Crippen LogP contribution in [0.2, 0.25) is 5.02 Å². The lowest BCUT2D eigenvalue weighted by Crippen LogP contribution is -2.44. The molecule has 1 aliphatic rings. The summed E-state index contributed by atoms with van der Waals surface area (Å²) in [7, 11) is 0. The van der Waals surface area contributed by atoms with Crippen LogP contribution in [0, 0.1) is 11.8 Å². The molecule has 2 atom stereocenters. The van der Waals surface area contributed by atoms with Gasteiger partial charge in [0.25, 0.3) is 5.91 Å². The lowest BCUT2D eigenvalue weighted by molar-refractivity contribution is 0.0889. The molecule has 2 rings (SSSR count). The van der Waals surface area contributed by atoms with E-state index in [0.29, 0.717) is 22.4 Å². The molecule has 2 nitrogen and oxygen atoms in total. The maximum atomic E-state index is 12.4. The van der Waals surface area contributed by atoms with Crippen molar-refractivity contribution in [3.8, 4) is 0 Å². The van der Waals surface area contributed by atoms with Gasteiger partial charge in [0.1, 0.15) is 0 Å². The third-order valence-electron chi connectivity index (χ3n) is 4.19. The van der Waals surface area contributed by atoms with Crippen LogP contribution >= 0.6 is 24.2 Å². The van der Waals surface area contributed by atoms with Crippen molar-refractivity contribution in [2.75, 3.05) is 0 Å². The summed E-state index contributed by atoms with van der Waals surface area (Å²) in [5, 5.41) is 3.66. The Bertz CT molecular complexity index is 489. The third kappa shape index (κ3) is 3.70. The highest BCUT2D eigenvalue weighted by Crippen LogP contribution is 2.30. The number of hydrogen-bond donors (Lipinski definition) is 2. The predicted molar refractivity (Wildman–Crippen MR) is 86.8 cm³/mol. The van der Waals surface area contributed by atoms with Crippen molar-refractivity contribution in [3.05, 3.63) is 28.8 Å². The van der Waals surface area contributed by atoms with E-state index in [1.54, 1.807) is 18.2 Å². The Balaban J connectivity index is 2.11. The standard InChI is InChI=1S/C16H22ClNOS/c1-10(2)12-5-3-4-6-15(12)18-16(19)13-9-11(20)7-8-14(13)17/h7-10,12,15,20H,3-6H2,1-2H3,(H,18,19). The van der Waals surface area contributed by atoms with Crippen LogP contribution in [0.3, 0.4) is 0 Å². The van der Waals surface area contributed by atoms with Crippen molar-refractivity contribution in [1.29, 1.82) is 0 Å². The quantitative estimate of drug-likeness (QED) is 0.786. The van der Waals surface area contributed by atoms with Gasteiger partial charge in [0.2, 0.25) is 0 Å². The molecule has 1 aromatic carbocycles. The highest BCUT2D eigenvalue weighted by Gasteiger charge is 2.29. The van der Waals surface area contributed by atoms with Crippen LogP contribution in [-0.2, 0) is 0 Å². The van der Waals surface area contributed by atoms with Gasteiger partial charge in [-0.15, -0.1) is 12.6 Å². The molecule has 1 N–H and O–H groups in total. The summed E-state index contributed by atoms with van der Waals surface area (Å²) in [6, 6.07) is 5.50. The summed E-state index contributed by atoms with van der Waals surface area (Å²) in [4.78, 5) is 13.2. The number of carbonyl (C=O) groups excluding carboxylic acids is 1. The summed E-state index contributed by atoms with van der Waals surface area (Å²) < 4.78 is 0. The van der Waals surface area contributed by atoms with Gasteiger partial charge in [-0.2, -0.15) is 0 Å². The van der Waals surface area contributed by atoms with Crippen molar-refractivity contribution in [2.45, 2.75) is 50.5 Å². The first-order valence-corrected chi connectivity index (χ1v) is 8.11. The van der Waals surface area contributed by atoms with Gasteiger partial charge >= 0.3 is 0 Å². The van der Waals surface area contributed by atoms with E-state index in [9.17, 15) is 4.79 Å². The fourth-order valence-corrected chi connectivity index (χ4v) is 3.48. The number of benzene rings is 1. The Morgan fingerprint density at radius 3 is 2.75 bits per heavy atom. The minimum absolute atomic E-state index is 0.0801. The number of hydrogen-bond acceptors (Lipinski definition) is 2. The van der Waals surface area contributed by atoms with E-state index in [0.717, 1.165) is 11.3 Å². The second-order valence-corrected chi connectivity index (χ2v) is 6.86. The second-order valence-electron chi connectivity index (χ2n) is 5.94. The zero-order valence-corrected chi connectivity index (χ0v) is 13.7. The number of halogens is 1. The number of nitrogens with one attached hydrogen (secondary N) is 1. The van der Waals surface area contributed by atoms with E-state index < -0.39 is 0 Å². The SMILES string of the molecule is CC(C)C1CCCCC1NC(=O)c1cc(S)ccc1Cl. The van der Waals surface area contributed by atoms with Crippen LogP contribution in [-0.4, -0.2) is 11.9 Å². The Kier molecular flexibility index (Phi) is 5.39. The molecule has 0 spiro atoms. The maximum absolute atomic E-state index is 12.4. The van der Waals surface area contributed by atoms with Crippen molar-refractivity contribution in [3.63, 3.8) is 0 Å². The summed E-state index contributed by atoms with van der Waals surface area (Å²) in [5.74, 6) is 1.07. The van der Waals surface area contributed by atoms with Crippen LogP contribution in [0.25, 0.3) is 0 Å². The van der Waals surface area contributed by atoms with Crippen LogP contribution < -0.4 is 5.32 Å². The molecule has 0 saturated heterocycles. The average Bonchev–Trinajstić information content (AvgIpc) is 2.41. The highest BCUT2D eigenvalue weighted by atomic mass is 35.5. The molecular formula is C16H22ClNOS. The Hall–Kier alpha value is -0.670. The van der Waals surface area contributed by atoms with Gasteiger partial charge in [0.05, 0.1) is 10.6 Å². The van der Waals surface area contributed by atoms with Crippen molar-refractivity contribution in [1.82, 2.24) is 5.32 Å². The van der Waals surface area contributed by atoms with Crippen LogP contribution in [0.15, 0.2) is 23.1 Å². The molecule has 0 heterocycles. The first kappa shape index (κ1) is 15.7. The second kappa shape index (κ2) is 6.86. The van der Waals surface area contributed by atoms with E-state index in [1.165, 1.54) is 19.3 Å². The van der Waals surface area contributed by atoms with Crippen molar-refractivity contribution in [2.24, 2.45) is 11.8 Å². The van der Waals surface area contributed by atoms with Gasteiger partial charge in [0.15, 0.2) is 0 Å². The molecule has 20 heavy (non-hydrogen) atoms. The molecule has 1 saturated carbocycles. The zero-order valence-electron chi connectivity index (χ0n) is 12.0. The average molecular weight is 312 g/mol. The van der Waals surface area contributed by atoms with E-state index >= 15 is 0 Å². The van der Waals surface area contributed by atoms with Crippen LogP contribution in [0.5, 0.6) is 0 Å². The van der Waals surface area contributed by atoms with Crippen LogP contribution in [0.1, 0.15) is 49.9 Å². The molecule has 0 aromatic heterocycles. The third-order valence-corrected chi connectivity index (χ3v) is 4.79. The largest absolute Gasteiger partial charge is 0.349 e. The van der Waals surface area contributed by atoms with E-state index in [1.807, 2.05) is 0 Å². The maximum Gasteiger partial charge on any atom is 0.253 e. The molecule has 1 aromatic rings. The van der Waals surface area contributed by atoms with E-state index in [-0.39, 0.29) is 11.9 Å². The Labute approximate surface area is 131 Å². The molecule has 1 fully saturated rings. The van der Waals surface area contributed by atoms with Gasteiger partial charge in [-0.05, 0) is 42.9 Å². The Morgan fingerprint density at radius 1 is 1.35 bits per heavy atom. The lowest BCUT2D eigenvalue weighted by Gasteiger charge is -2.35. The first-order valence-electron chi connectivity index (χ1n) is 7.28. The molecule has 1 aliphatic carbocycles. The summed E-state index contributed by atoms with van der Waals surface area (Å²) in [6.07, 6.45) is 4.71. The van der Waals surface area contributed by atoms with Gasteiger partial charge < -0.3 is 5.32 Å². The zero-order chi connectivity index (χ0) is 14.7. The normalized spacial score (nSPS) is 22.9. The molecule has 1 amide bonds. The summed E-state index contributed by atoms with van der Waals surface area (Å²) in [6.45, 7) is 4.47. The Morgan fingerprint density at radius 2 is 2.05 bits per heavy atom. The number of amides is 1. The van der Waals surface area contributed by atoms with Crippen LogP contribution in [0.4, 0.5) is 0 Å². The van der Waals surface area contributed by atoms with Gasteiger partial charge in [-0.3, -0.25) is 4.79 Å². The first-order chi connectivity index (χ1) is 9.49. The van der Waals surface area contributed by atoms with Crippen molar-refractivity contribution >= 4 is 30.1 Å². The van der Waals surface area contributed by atoms with E-state index in [4.69, 9.17) is 11.6 Å². The smallest absolute Gasteiger partial charge is 0.253 e. The molecular weight excluding hydrogens is 290 g/mol. The predicted octanol–water partition coefficient (Wildman–Crippen LogP) is 4.57. The fourth-order valence-electron chi connectivity index (χ4n) is 3.07. The van der Waals surface area contributed by atoms with Gasteiger partial charge in [0, 0.05) is 10.9 Å². The van der Waals surface area contributed by atoms with Gasteiger partial charge in [-0.25, -0.2) is 0 Å². The van der Waals surface area contributed by atoms with Crippen molar-refractivity contribution < 1.29 is 4.79 Å².